The summed E-state index contributed by atoms with van der Waals surface area (Å²) in [6.07, 6.45) is -0.0273. The second-order valence-electron chi connectivity index (χ2n) is 4.23. The standard InChI is InChI=1S/C12H12BrFN2O2/c1-6(3-11(17)18)16-7(2)15-12-9(14)4-8(13)5-10(12)16/h4-6H,3H2,1-2H3,(H,17,18). The highest BCUT2D eigenvalue weighted by Crippen LogP contribution is 2.27. The topological polar surface area (TPSA) is 55.1 Å². The van der Waals surface area contributed by atoms with Crippen LogP contribution >= 0.6 is 15.9 Å². The highest BCUT2D eigenvalue weighted by atomic mass is 79.9. The Kier molecular flexibility index (Phi) is 3.38. The third-order valence-corrected chi connectivity index (χ3v) is 3.26. The van der Waals surface area contributed by atoms with Crippen LogP contribution in [-0.4, -0.2) is 20.6 Å². The van der Waals surface area contributed by atoms with Crippen molar-refractivity contribution in [3.8, 4) is 0 Å². The summed E-state index contributed by atoms with van der Waals surface area (Å²) in [6, 6.07) is 2.82. The number of hydrogen-bond donors (Lipinski definition) is 1. The first kappa shape index (κ1) is 13.0. The van der Waals surface area contributed by atoms with E-state index in [9.17, 15) is 9.18 Å². The van der Waals surface area contributed by atoms with E-state index < -0.39 is 11.8 Å². The summed E-state index contributed by atoms with van der Waals surface area (Å²) in [4.78, 5) is 14.9. The van der Waals surface area contributed by atoms with Gasteiger partial charge in [0, 0.05) is 10.5 Å². The summed E-state index contributed by atoms with van der Waals surface area (Å²) < 4.78 is 16.1. The molecule has 0 spiro atoms. The van der Waals surface area contributed by atoms with Crippen LogP contribution in [-0.2, 0) is 4.79 Å². The number of halogens is 2. The van der Waals surface area contributed by atoms with Gasteiger partial charge in [-0.2, -0.15) is 0 Å². The maximum absolute atomic E-state index is 13.7. The number of nitrogens with zero attached hydrogens (tertiary/aromatic N) is 2. The number of imidazole rings is 1. The molecule has 1 heterocycles. The summed E-state index contributed by atoms with van der Waals surface area (Å²) in [5.41, 5.74) is 0.876. The van der Waals surface area contributed by atoms with Gasteiger partial charge in [0.25, 0.3) is 0 Å². The van der Waals surface area contributed by atoms with Crippen LogP contribution in [0.5, 0.6) is 0 Å². The molecule has 0 saturated carbocycles. The number of aliphatic carboxylic acids is 1. The minimum Gasteiger partial charge on any atom is -0.481 e. The zero-order valence-electron chi connectivity index (χ0n) is 9.94. The number of aromatic nitrogens is 2. The fraction of sp³-hybridized carbons (Fsp3) is 0.333. The number of fused-ring (bicyclic) bond motifs is 1. The van der Waals surface area contributed by atoms with Crippen molar-refractivity contribution in [1.29, 1.82) is 0 Å². The molecule has 2 aromatic rings. The Morgan fingerprint density at radius 3 is 2.89 bits per heavy atom. The van der Waals surface area contributed by atoms with Crippen LogP contribution in [0.3, 0.4) is 0 Å². The second-order valence-corrected chi connectivity index (χ2v) is 5.15. The van der Waals surface area contributed by atoms with Gasteiger partial charge >= 0.3 is 5.97 Å². The Labute approximate surface area is 112 Å². The number of hydrogen-bond acceptors (Lipinski definition) is 2. The predicted molar refractivity (Wildman–Crippen MR) is 69.1 cm³/mol. The zero-order valence-corrected chi connectivity index (χ0v) is 11.5. The molecular weight excluding hydrogens is 303 g/mol. The molecule has 1 atom stereocenters. The van der Waals surface area contributed by atoms with Crippen LogP contribution in [0, 0.1) is 12.7 Å². The van der Waals surface area contributed by atoms with Gasteiger partial charge in [0.05, 0.1) is 11.9 Å². The molecule has 0 amide bonds. The molecule has 0 aliphatic carbocycles. The number of rotatable bonds is 3. The first-order chi connectivity index (χ1) is 8.40. The van der Waals surface area contributed by atoms with Crippen LogP contribution in [0.25, 0.3) is 11.0 Å². The quantitative estimate of drug-likeness (QED) is 0.945. The lowest BCUT2D eigenvalue weighted by Crippen LogP contribution is -2.11. The van der Waals surface area contributed by atoms with E-state index in [4.69, 9.17) is 5.11 Å². The van der Waals surface area contributed by atoms with E-state index >= 15 is 0 Å². The normalized spacial score (nSPS) is 12.9. The molecule has 4 nitrogen and oxygen atoms in total. The van der Waals surface area contributed by atoms with Crippen molar-refractivity contribution in [2.75, 3.05) is 0 Å². The van der Waals surface area contributed by atoms with Crippen LogP contribution in [0.15, 0.2) is 16.6 Å². The average Bonchev–Trinajstić information content (AvgIpc) is 2.53. The van der Waals surface area contributed by atoms with Crippen molar-refractivity contribution in [2.45, 2.75) is 26.3 Å². The van der Waals surface area contributed by atoms with Crippen LogP contribution in [0.1, 0.15) is 25.2 Å². The number of aryl methyl sites for hydroxylation is 1. The van der Waals surface area contributed by atoms with E-state index in [1.165, 1.54) is 6.07 Å². The van der Waals surface area contributed by atoms with Gasteiger partial charge in [0.1, 0.15) is 11.3 Å². The molecule has 6 heteroatoms. The predicted octanol–water partition coefficient (Wildman–Crippen LogP) is 3.28. The first-order valence-electron chi connectivity index (χ1n) is 5.45. The maximum atomic E-state index is 13.7. The smallest absolute Gasteiger partial charge is 0.305 e. The summed E-state index contributed by atoms with van der Waals surface area (Å²) in [5, 5.41) is 8.84. The number of benzene rings is 1. The minimum atomic E-state index is -0.890. The summed E-state index contributed by atoms with van der Waals surface area (Å²) in [5.74, 6) is -0.696. The highest BCUT2D eigenvalue weighted by Gasteiger charge is 2.18. The van der Waals surface area contributed by atoms with Crippen LogP contribution in [0.4, 0.5) is 4.39 Å². The molecule has 0 bridgehead atoms. The number of carboxylic acid groups (broad SMARTS) is 1. The molecule has 0 aliphatic heterocycles. The third kappa shape index (κ3) is 2.25. The van der Waals surface area contributed by atoms with Gasteiger partial charge in [0.2, 0.25) is 0 Å². The fourth-order valence-corrected chi connectivity index (χ4v) is 2.55. The summed E-state index contributed by atoms with van der Waals surface area (Å²) >= 11 is 3.23. The van der Waals surface area contributed by atoms with Crippen molar-refractivity contribution >= 4 is 32.9 Å². The van der Waals surface area contributed by atoms with Crippen molar-refractivity contribution in [1.82, 2.24) is 9.55 Å². The Morgan fingerprint density at radius 2 is 2.28 bits per heavy atom. The molecule has 1 aromatic carbocycles. The zero-order chi connectivity index (χ0) is 13.4. The lowest BCUT2D eigenvalue weighted by molar-refractivity contribution is -0.137. The van der Waals surface area contributed by atoms with Gasteiger partial charge in [-0.25, -0.2) is 9.37 Å². The highest BCUT2D eigenvalue weighted by molar-refractivity contribution is 9.10. The minimum absolute atomic E-state index is 0.0273. The molecule has 0 saturated heterocycles. The number of carbonyl (C=O) groups is 1. The van der Waals surface area contributed by atoms with E-state index in [0.717, 1.165) is 0 Å². The molecule has 18 heavy (non-hydrogen) atoms. The van der Waals surface area contributed by atoms with Crippen molar-refractivity contribution in [2.24, 2.45) is 0 Å². The van der Waals surface area contributed by atoms with E-state index in [2.05, 4.69) is 20.9 Å². The Balaban J connectivity index is 2.63. The van der Waals surface area contributed by atoms with Crippen molar-refractivity contribution < 1.29 is 14.3 Å². The second kappa shape index (κ2) is 4.68. The Bertz CT molecular complexity index is 624. The van der Waals surface area contributed by atoms with E-state index in [0.29, 0.717) is 15.8 Å². The maximum Gasteiger partial charge on any atom is 0.305 e. The van der Waals surface area contributed by atoms with Crippen LogP contribution < -0.4 is 0 Å². The van der Waals surface area contributed by atoms with Gasteiger partial charge in [0.15, 0.2) is 5.82 Å². The van der Waals surface area contributed by atoms with E-state index in [1.807, 2.05) is 0 Å². The van der Waals surface area contributed by atoms with Crippen molar-refractivity contribution in [3.63, 3.8) is 0 Å². The number of carboxylic acids is 1. The largest absolute Gasteiger partial charge is 0.481 e. The fourth-order valence-electron chi connectivity index (χ4n) is 2.14. The van der Waals surface area contributed by atoms with Gasteiger partial charge < -0.3 is 9.67 Å². The van der Waals surface area contributed by atoms with Crippen molar-refractivity contribution in [3.05, 3.63) is 28.2 Å². The van der Waals surface area contributed by atoms with Gasteiger partial charge in [-0.05, 0) is 26.0 Å². The summed E-state index contributed by atoms with van der Waals surface area (Å²) in [6.45, 7) is 3.52. The Hall–Kier alpha value is -1.43. The van der Waals surface area contributed by atoms with E-state index in [-0.39, 0.29) is 18.0 Å². The monoisotopic (exact) mass is 314 g/mol. The van der Waals surface area contributed by atoms with E-state index in [1.54, 1.807) is 24.5 Å². The molecule has 1 N–H and O–H groups in total. The first-order valence-corrected chi connectivity index (χ1v) is 6.25. The third-order valence-electron chi connectivity index (χ3n) is 2.80. The molecule has 0 aliphatic rings. The molecular formula is C12H12BrFN2O2. The van der Waals surface area contributed by atoms with Gasteiger partial charge in [-0.3, -0.25) is 4.79 Å². The molecule has 1 unspecified atom stereocenters. The Morgan fingerprint density at radius 1 is 1.61 bits per heavy atom. The molecule has 96 valence electrons. The molecule has 1 aromatic heterocycles. The average molecular weight is 315 g/mol. The van der Waals surface area contributed by atoms with Crippen LogP contribution in [0.2, 0.25) is 0 Å². The van der Waals surface area contributed by atoms with Gasteiger partial charge in [-0.1, -0.05) is 15.9 Å². The van der Waals surface area contributed by atoms with Gasteiger partial charge in [-0.15, -0.1) is 0 Å². The molecule has 0 fully saturated rings. The lowest BCUT2D eigenvalue weighted by atomic mass is 10.2. The molecule has 2 rings (SSSR count). The lowest BCUT2D eigenvalue weighted by Gasteiger charge is -2.14. The summed E-state index contributed by atoms with van der Waals surface area (Å²) in [7, 11) is 0. The molecule has 0 radical (unpaired) electrons. The SMILES string of the molecule is Cc1nc2c(F)cc(Br)cc2n1C(C)CC(=O)O.